The molecule has 1 fully saturated rings. The second kappa shape index (κ2) is 15.9. The number of hydrogen-bond donors (Lipinski definition) is 0. The van der Waals surface area contributed by atoms with Crippen LogP contribution in [0.4, 0.5) is 13.2 Å². The summed E-state index contributed by atoms with van der Waals surface area (Å²) in [6, 6.07) is 15.4. The Morgan fingerprint density at radius 1 is 0.732 bits per heavy atom. The van der Waals surface area contributed by atoms with E-state index in [1.54, 1.807) is 42.5 Å². The van der Waals surface area contributed by atoms with Crippen LogP contribution >= 0.6 is 0 Å². The molecule has 1 saturated heterocycles. The van der Waals surface area contributed by atoms with Gasteiger partial charge in [0.1, 0.15) is 5.82 Å². The van der Waals surface area contributed by atoms with Crippen molar-refractivity contribution >= 4 is 0 Å². The van der Waals surface area contributed by atoms with Gasteiger partial charge in [-0.15, -0.1) is 0 Å². The lowest BCUT2D eigenvalue weighted by molar-refractivity contribution is -0.207. The van der Waals surface area contributed by atoms with Crippen molar-refractivity contribution < 1.29 is 22.6 Å². The zero-order valence-corrected chi connectivity index (χ0v) is 24.4. The molecular weight excluding hydrogens is 521 g/mol. The lowest BCUT2D eigenvalue weighted by Crippen LogP contribution is -2.27. The maximum Gasteiger partial charge on any atom is 0.186 e. The van der Waals surface area contributed by atoms with Gasteiger partial charge in [-0.05, 0) is 54.0 Å². The van der Waals surface area contributed by atoms with Crippen LogP contribution in [-0.4, -0.2) is 13.2 Å². The van der Waals surface area contributed by atoms with Crippen LogP contribution in [0.1, 0.15) is 89.1 Å². The summed E-state index contributed by atoms with van der Waals surface area (Å²) in [5.74, 6) is -1.67. The van der Waals surface area contributed by atoms with Gasteiger partial charge in [-0.3, -0.25) is 0 Å². The Bertz CT molecular complexity index is 1260. The number of rotatable bonds is 14. The molecule has 5 heteroatoms. The normalized spacial score (nSPS) is 17.4. The van der Waals surface area contributed by atoms with E-state index >= 15 is 4.39 Å². The Labute approximate surface area is 243 Å². The fourth-order valence-corrected chi connectivity index (χ4v) is 5.37. The van der Waals surface area contributed by atoms with Gasteiger partial charge in [-0.25, -0.2) is 13.2 Å². The summed E-state index contributed by atoms with van der Waals surface area (Å²) in [6.07, 6.45) is 14.0. The number of aryl methyl sites for hydroxylation is 1. The van der Waals surface area contributed by atoms with Gasteiger partial charge in [-0.2, -0.15) is 0 Å². The molecule has 41 heavy (non-hydrogen) atoms. The monoisotopic (exact) mass is 564 g/mol. The van der Waals surface area contributed by atoms with E-state index in [0.717, 1.165) is 18.4 Å². The molecule has 1 heterocycles. The zero-order valence-electron chi connectivity index (χ0n) is 24.4. The van der Waals surface area contributed by atoms with Crippen molar-refractivity contribution in [3.05, 3.63) is 95.3 Å². The minimum absolute atomic E-state index is 0.213. The molecule has 2 nitrogen and oxygen atoms in total. The second-order valence-electron chi connectivity index (χ2n) is 11.1. The minimum atomic E-state index is -0.841. The summed E-state index contributed by atoms with van der Waals surface area (Å²) in [6.45, 7) is 5.42. The molecule has 0 saturated carbocycles. The zero-order chi connectivity index (χ0) is 29.0. The van der Waals surface area contributed by atoms with E-state index in [1.165, 1.54) is 44.6 Å². The van der Waals surface area contributed by atoms with Gasteiger partial charge in [0, 0.05) is 17.0 Å². The van der Waals surface area contributed by atoms with Crippen LogP contribution in [0.3, 0.4) is 0 Å². The topological polar surface area (TPSA) is 18.5 Å². The predicted octanol–water partition coefficient (Wildman–Crippen LogP) is 10.7. The first-order chi connectivity index (χ1) is 20.0. The standard InChI is InChI=1S/C36H43F3O2/c1-3-5-7-9-10-11-13-26-24-40-36(41-25-26)32-22-20-30(23-33(32)37)27-15-17-28(18-16-27)31-21-19-29(34(38)35(31)39)14-12-8-6-4-2/h6,8,15-23,26,36H,3-5,7,9-14,24-25H2,1-2H3/b8-6+. The number of benzene rings is 3. The van der Waals surface area contributed by atoms with Crippen molar-refractivity contribution in [2.45, 2.75) is 84.3 Å². The average molecular weight is 565 g/mol. The molecule has 0 amide bonds. The number of unbranched alkanes of at least 4 members (excludes halogenated alkanes) is 5. The Morgan fingerprint density at radius 3 is 2.12 bits per heavy atom. The van der Waals surface area contributed by atoms with Gasteiger partial charge in [0.2, 0.25) is 0 Å². The Hall–Kier alpha value is -2.89. The van der Waals surface area contributed by atoms with Crippen LogP contribution in [0.2, 0.25) is 0 Å². The van der Waals surface area contributed by atoms with E-state index in [-0.39, 0.29) is 11.4 Å². The molecule has 0 bridgehead atoms. The summed E-state index contributed by atoms with van der Waals surface area (Å²) in [5.41, 5.74) is 3.02. The maximum atomic E-state index is 15.1. The van der Waals surface area contributed by atoms with Crippen molar-refractivity contribution in [2.24, 2.45) is 5.92 Å². The molecule has 3 aromatic carbocycles. The summed E-state index contributed by atoms with van der Waals surface area (Å²) < 4.78 is 56.5. The van der Waals surface area contributed by atoms with Crippen molar-refractivity contribution in [2.75, 3.05) is 13.2 Å². The lowest BCUT2D eigenvalue weighted by atomic mass is 9.97. The summed E-state index contributed by atoms with van der Waals surface area (Å²) in [7, 11) is 0. The summed E-state index contributed by atoms with van der Waals surface area (Å²) >= 11 is 0. The highest BCUT2D eigenvalue weighted by Gasteiger charge is 2.25. The highest BCUT2D eigenvalue weighted by Crippen LogP contribution is 2.33. The Balaban J connectivity index is 1.34. The fraction of sp³-hybridized carbons (Fsp3) is 0.444. The predicted molar refractivity (Wildman–Crippen MR) is 161 cm³/mol. The van der Waals surface area contributed by atoms with Crippen molar-refractivity contribution in [3.63, 3.8) is 0 Å². The van der Waals surface area contributed by atoms with E-state index in [2.05, 4.69) is 6.92 Å². The van der Waals surface area contributed by atoms with Crippen LogP contribution in [0, 0.1) is 23.4 Å². The van der Waals surface area contributed by atoms with Gasteiger partial charge in [0.25, 0.3) is 0 Å². The van der Waals surface area contributed by atoms with Crippen LogP contribution < -0.4 is 0 Å². The molecule has 0 atom stereocenters. The van der Waals surface area contributed by atoms with Crippen molar-refractivity contribution in [3.8, 4) is 22.3 Å². The van der Waals surface area contributed by atoms with Crippen molar-refractivity contribution in [1.82, 2.24) is 0 Å². The lowest BCUT2D eigenvalue weighted by Gasteiger charge is -2.30. The first kappa shape index (κ1) is 31.1. The van der Waals surface area contributed by atoms with E-state index in [0.29, 0.717) is 54.2 Å². The molecule has 0 aliphatic carbocycles. The molecule has 0 spiro atoms. The molecule has 3 aromatic rings. The maximum absolute atomic E-state index is 15.1. The van der Waals surface area contributed by atoms with E-state index in [9.17, 15) is 8.78 Å². The van der Waals surface area contributed by atoms with E-state index < -0.39 is 17.9 Å². The number of halogens is 3. The first-order valence-corrected chi connectivity index (χ1v) is 15.3. The van der Waals surface area contributed by atoms with Crippen LogP contribution in [0.25, 0.3) is 22.3 Å². The van der Waals surface area contributed by atoms with Crippen LogP contribution in [-0.2, 0) is 15.9 Å². The number of allylic oxidation sites excluding steroid dienone is 2. The molecule has 4 rings (SSSR count). The molecular formula is C36H43F3O2. The van der Waals surface area contributed by atoms with E-state index in [1.807, 2.05) is 25.1 Å². The third-order valence-corrected chi connectivity index (χ3v) is 7.86. The average Bonchev–Trinajstić information content (AvgIpc) is 3.00. The smallest absolute Gasteiger partial charge is 0.186 e. The molecule has 1 aliphatic rings. The SMILES string of the molecule is CC/C=C/CCc1ccc(-c2ccc(-c3ccc(C4OCC(CCCCCCCC)CO4)c(F)c3)cc2)c(F)c1F. The van der Waals surface area contributed by atoms with Gasteiger partial charge in [-0.1, -0.05) is 113 Å². The molecule has 0 unspecified atom stereocenters. The van der Waals surface area contributed by atoms with Crippen molar-refractivity contribution in [1.29, 1.82) is 0 Å². The van der Waals surface area contributed by atoms with Gasteiger partial charge >= 0.3 is 0 Å². The largest absolute Gasteiger partial charge is 0.348 e. The Kier molecular flexibility index (Phi) is 12.1. The van der Waals surface area contributed by atoms with Crippen LogP contribution in [0.5, 0.6) is 0 Å². The molecule has 0 aromatic heterocycles. The fourth-order valence-electron chi connectivity index (χ4n) is 5.37. The quantitative estimate of drug-likeness (QED) is 0.143. The number of ether oxygens (including phenoxy) is 2. The van der Waals surface area contributed by atoms with Crippen LogP contribution in [0.15, 0.2) is 66.7 Å². The molecule has 220 valence electrons. The molecule has 0 N–H and O–H groups in total. The third-order valence-electron chi connectivity index (χ3n) is 7.86. The summed E-state index contributed by atoms with van der Waals surface area (Å²) in [5, 5.41) is 0. The number of hydrogen-bond acceptors (Lipinski definition) is 2. The molecule has 1 aliphatic heterocycles. The van der Waals surface area contributed by atoms with E-state index in [4.69, 9.17) is 9.47 Å². The highest BCUT2D eigenvalue weighted by molar-refractivity contribution is 5.71. The van der Waals surface area contributed by atoms with Gasteiger partial charge in [0.15, 0.2) is 17.9 Å². The minimum Gasteiger partial charge on any atom is -0.348 e. The first-order valence-electron chi connectivity index (χ1n) is 15.3. The Morgan fingerprint density at radius 2 is 1.41 bits per heavy atom. The summed E-state index contributed by atoms with van der Waals surface area (Å²) in [4.78, 5) is 0. The van der Waals surface area contributed by atoms with Gasteiger partial charge in [0.05, 0.1) is 13.2 Å². The highest BCUT2D eigenvalue weighted by atomic mass is 19.2. The third kappa shape index (κ3) is 8.56. The molecule has 0 radical (unpaired) electrons. The second-order valence-corrected chi connectivity index (χ2v) is 11.1. The van der Waals surface area contributed by atoms with Gasteiger partial charge < -0.3 is 9.47 Å².